The molecule has 0 aromatic carbocycles. The third kappa shape index (κ3) is 4.27. The van der Waals surface area contributed by atoms with E-state index in [-0.39, 0.29) is 12.0 Å². The zero-order chi connectivity index (χ0) is 13.6. The molecule has 100 valence electrons. The molecule has 18 heavy (non-hydrogen) atoms. The normalized spacial score (nSPS) is 14.3. The first kappa shape index (κ1) is 14.9. The summed E-state index contributed by atoms with van der Waals surface area (Å²) in [6.45, 7) is 5.81. The molecule has 0 saturated heterocycles. The first-order valence-electron chi connectivity index (χ1n) is 5.74. The van der Waals surface area contributed by atoms with Gasteiger partial charge in [-0.3, -0.25) is 10.1 Å². The van der Waals surface area contributed by atoms with Crippen molar-refractivity contribution in [3.8, 4) is 0 Å². The molecule has 1 aromatic rings. The third-order valence-corrected chi connectivity index (χ3v) is 3.47. The van der Waals surface area contributed by atoms with E-state index < -0.39 is 5.54 Å². The summed E-state index contributed by atoms with van der Waals surface area (Å²) in [5.74, 6) is 0.238. The molecule has 1 atom stereocenters. The van der Waals surface area contributed by atoms with E-state index in [1.165, 1.54) is 18.9 Å². The van der Waals surface area contributed by atoms with Crippen LogP contribution in [0, 0.1) is 0 Å². The Bertz CT molecular complexity index is 386. The van der Waals surface area contributed by atoms with E-state index in [2.05, 4.69) is 15.3 Å². The quantitative estimate of drug-likeness (QED) is 0.479. The average Bonchev–Trinajstić information content (AvgIpc) is 2.36. The largest absolute Gasteiger partial charge is 0.468 e. The van der Waals surface area contributed by atoms with Gasteiger partial charge in [-0.05, 0) is 26.8 Å². The molecule has 0 amide bonds. The number of hydrogen-bond donors (Lipinski definition) is 1. The van der Waals surface area contributed by atoms with Crippen molar-refractivity contribution < 1.29 is 9.53 Å². The van der Waals surface area contributed by atoms with Gasteiger partial charge in [0.2, 0.25) is 0 Å². The summed E-state index contributed by atoms with van der Waals surface area (Å²) in [7, 11) is 1.40. The summed E-state index contributed by atoms with van der Waals surface area (Å²) in [4.78, 5) is 20.1. The van der Waals surface area contributed by atoms with Crippen molar-refractivity contribution in [2.24, 2.45) is 0 Å². The zero-order valence-electron chi connectivity index (χ0n) is 11.1. The minimum atomic E-state index is -0.743. The molecule has 5 nitrogen and oxygen atoms in total. The second-order valence-corrected chi connectivity index (χ2v) is 5.39. The zero-order valence-corrected chi connectivity index (χ0v) is 12.0. The van der Waals surface area contributed by atoms with Gasteiger partial charge in [0.1, 0.15) is 5.54 Å². The summed E-state index contributed by atoms with van der Waals surface area (Å²) >= 11 is 1.43. The van der Waals surface area contributed by atoms with Gasteiger partial charge in [-0.1, -0.05) is 11.8 Å². The fraction of sp³-hybridized carbons (Fsp3) is 0.583. The number of esters is 1. The van der Waals surface area contributed by atoms with Crippen molar-refractivity contribution in [3.05, 3.63) is 18.5 Å². The smallest absolute Gasteiger partial charge is 0.326 e. The Balaban J connectivity index is 2.70. The van der Waals surface area contributed by atoms with Gasteiger partial charge >= 0.3 is 5.97 Å². The van der Waals surface area contributed by atoms with Crippen LogP contribution in [0.3, 0.4) is 0 Å². The number of carbonyl (C=O) groups excluding carboxylic acids is 1. The van der Waals surface area contributed by atoms with Crippen molar-refractivity contribution in [1.29, 1.82) is 0 Å². The van der Waals surface area contributed by atoms with E-state index in [9.17, 15) is 4.79 Å². The van der Waals surface area contributed by atoms with Gasteiger partial charge in [-0.2, -0.15) is 0 Å². The Morgan fingerprint density at radius 3 is 2.61 bits per heavy atom. The second kappa shape index (κ2) is 6.70. The molecule has 1 unspecified atom stereocenters. The van der Waals surface area contributed by atoms with Crippen LogP contribution in [0.5, 0.6) is 0 Å². The number of methoxy groups -OCH3 is 1. The Kier molecular flexibility index (Phi) is 5.55. The van der Waals surface area contributed by atoms with Gasteiger partial charge in [0, 0.05) is 24.2 Å². The molecular formula is C12H19N3O2S. The van der Waals surface area contributed by atoms with Crippen LogP contribution in [-0.2, 0) is 9.53 Å². The Morgan fingerprint density at radius 2 is 2.11 bits per heavy atom. The molecule has 1 aromatic heterocycles. The van der Waals surface area contributed by atoms with Gasteiger partial charge < -0.3 is 4.74 Å². The molecule has 0 aliphatic rings. The van der Waals surface area contributed by atoms with E-state index in [4.69, 9.17) is 4.74 Å². The molecule has 1 N–H and O–H groups in total. The molecule has 0 aliphatic carbocycles. The van der Waals surface area contributed by atoms with Crippen LogP contribution in [0.4, 0.5) is 0 Å². The molecule has 1 heterocycles. The molecule has 0 bridgehead atoms. The van der Waals surface area contributed by atoms with E-state index in [0.29, 0.717) is 10.9 Å². The number of rotatable bonds is 6. The highest BCUT2D eigenvalue weighted by atomic mass is 32.2. The van der Waals surface area contributed by atoms with Crippen molar-refractivity contribution in [3.63, 3.8) is 0 Å². The van der Waals surface area contributed by atoms with Crippen LogP contribution in [-0.4, -0.2) is 40.4 Å². The maximum atomic E-state index is 11.9. The number of aromatic nitrogens is 2. The Hall–Kier alpha value is -1.14. The average molecular weight is 269 g/mol. The summed E-state index contributed by atoms with van der Waals surface area (Å²) in [6.07, 6.45) is 3.36. The van der Waals surface area contributed by atoms with Gasteiger partial charge in [0.05, 0.1) is 7.11 Å². The Labute approximate surface area is 112 Å². The predicted molar refractivity (Wildman–Crippen MR) is 71.4 cm³/mol. The fourth-order valence-electron chi connectivity index (χ4n) is 1.59. The topological polar surface area (TPSA) is 64.1 Å². The SMILES string of the molecule is COC(=O)C(C)(CSc1ncccn1)NC(C)C. The molecule has 6 heteroatoms. The van der Waals surface area contributed by atoms with Gasteiger partial charge in [0.25, 0.3) is 0 Å². The van der Waals surface area contributed by atoms with Gasteiger partial charge in [0.15, 0.2) is 5.16 Å². The maximum Gasteiger partial charge on any atom is 0.326 e. The monoisotopic (exact) mass is 269 g/mol. The lowest BCUT2D eigenvalue weighted by Gasteiger charge is -2.29. The minimum absolute atomic E-state index is 0.186. The van der Waals surface area contributed by atoms with Crippen LogP contribution in [0.15, 0.2) is 23.6 Å². The summed E-state index contributed by atoms with van der Waals surface area (Å²) in [6, 6.07) is 1.95. The number of ether oxygens (including phenoxy) is 1. The van der Waals surface area contributed by atoms with Crippen LogP contribution < -0.4 is 5.32 Å². The molecule has 0 saturated carbocycles. The summed E-state index contributed by atoms with van der Waals surface area (Å²) in [5.41, 5.74) is -0.743. The second-order valence-electron chi connectivity index (χ2n) is 4.44. The van der Waals surface area contributed by atoms with Crippen LogP contribution in [0.2, 0.25) is 0 Å². The van der Waals surface area contributed by atoms with E-state index in [1.54, 1.807) is 18.5 Å². The van der Waals surface area contributed by atoms with E-state index in [0.717, 1.165) is 0 Å². The first-order valence-corrected chi connectivity index (χ1v) is 6.72. The third-order valence-electron chi connectivity index (χ3n) is 2.28. The number of nitrogens with zero attached hydrogens (tertiary/aromatic N) is 2. The van der Waals surface area contributed by atoms with Crippen LogP contribution in [0.25, 0.3) is 0 Å². The number of nitrogens with one attached hydrogen (secondary N) is 1. The number of thioether (sulfide) groups is 1. The van der Waals surface area contributed by atoms with Gasteiger partial charge in [-0.25, -0.2) is 9.97 Å². The molecule has 1 rings (SSSR count). The van der Waals surface area contributed by atoms with Crippen molar-refractivity contribution in [2.45, 2.75) is 37.5 Å². The first-order chi connectivity index (χ1) is 8.48. The lowest BCUT2D eigenvalue weighted by atomic mass is 10.0. The highest BCUT2D eigenvalue weighted by molar-refractivity contribution is 7.99. The van der Waals surface area contributed by atoms with E-state index in [1.807, 2.05) is 20.8 Å². The number of carbonyl (C=O) groups is 1. The molecule has 0 aliphatic heterocycles. The molecular weight excluding hydrogens is 250 g/mol. The van der Waals surface area contributed by atoms with Crippen molar-refractivity contribution in [1.82, 2.24) is 15.3 Å². The summed E-state index contributed by atoms with van der Waals surface area (Å²) < 4.78 is 4.85. The highest BCUT2D eigenvalue weighted by Gasteiger charge is 2.35. The Morgan fingerprint density at radius 1 is 1.50 bits per heavy atom. The highest BCUT2D eigenvalue weighted by Crippen LogP contribution is 2.20. The van der Waals surface area contributed by atoms with Crippen LogP contribution in [0.1, 0.15) is 20.8 Å². The summed E-state index contributed by atoms with van der Waals surface area (Å²) in [5, 5.41) is 3.88. The maximum absolute atomic E-state index is 11.9. The molecule has 0 radical (unpaired) electrons. The number of hydrogen-bond acceptors (Lipinski definition) is 6. The van der Waals surface area contributed by atoms with E-state index >= 15 is 0 Å². The van der Waals surface area contributed by atoms with Crippen LogP contribution >= 0.6 is 11.8 Å². The van der Waals surface area contributed by atoms with Crippen molar-refractivity contribution >= 4 is 17.7 Å². The minimum Gasteiger partial charge on any atom is -0.468 e. The fourth-order valence-corrected chi connectivity index (χ4v) is 2.48. The van der Waals surface area contributed by atoms with Gasteiger partial charge in [-0.15, -0.1) is 0 Å². The van der Waals surface area contributed by atoms with Crippen molar-refractivity contribution in [2.75, 3.05) is 12.9 Å². The lowest BCUT2D eigenvalue weighted by Crippen LogP contribution is -2.54. The predicted octanol–water partition coefficient (Wildman–Crippen LogP) is 1.50. The molecule has 0 spiro atoms. The standard InChI is InChI=1S/C12H19N3O2S/c1-9(2)15-12(3,10(16)17-4)8-18-11-13-6-5-7-14-11/h5-7,9,15H,8H2,1-4H3. The lowest BCUT2D eigenvalue weighted by molar-refractivity contribution is -0.147. The molecule has 0 fully saturated rings.